The lowest BCUT2D eigenvalue weighted by molar-refractivity contribution is -0.132. The van der Waals surface area contributed by atoms with Crippen LogP contribution >= 0.6 is 0 Å². The first-order valence-electron chi connectivity index (χ1n) is 8.47. The van der Waals surface area contributed by atoms with E-state index in [0.717, 1.165) is 30.3 Å². The Morgan fingerprint density at radius 2 is 1.92 bits per heavy atom. The molecule has 3 heterocycles. The van der Waals surface area contributed by atoms with Gasteiger partial charge in [-0.3, -0.25) is 9.78 Å². The zero-order valence-electron chi connectivity index (χ0n) is 15.0. The van der Waals surface area contributed by atoms with Crippen molar-refractivity contribution in [2.24, 2.45) is 0 Å². The second-order valence-corrected chi connectivity index (χ2v) is 6.51. The van der Waals surface area contributed by atoms with E-state index >= 15 is 0 Å². The van der Waals surface area contributed by atoms with E-state index in [1.165, 1.54) is 0 Å². The lowest BCUT2D eigenvalue weighted by Gasteiger charge is -2.36. The Hall–Kier alpha value is -2.54. The highest BCUT2D eigenvalue weighted by molar-refractivity contribution is 5.78. The number of nitrogens with zero attached hydrogens (tertiary/aromatic N) is 6. The van der Waals surface area contributed by atoms with Crippen LogP contribution in [0.25, 0.3) is 11.5 Å². The van der Waals surface area contributed by atoms with Gasteiger partial charge in [-0.1, -0.05) is 6.07 Å². The average Bonchev–Trinajstić information content (AvgIpc) is 2.61. The van der Waals surface area contributed by atoms with Crippen molar-refractivity contribution in [3.05, 3.63) is 36.2 Å². The standard InChI is InChI=1S/C18H24N6O/c1-14-12-16(21-18(20-14)15-6-4-5-7-19-15)23-8-10-24(11-9-23)17(25)13-22(2)3/h4-7,12H,8-11,13H2,1-3H3. The number of likely N-dealkylation sites (N-methyl/N-ethyl adjacent to an activating group) is 1. The molecule has 0 atom stereocenters. The van der Waals surface area contributed by atoms with E-state index in [1.807, 2.05) is 55.1 Å². The molecule has 1 fully saturated rings. The van der Waals surface area contributed by atoms with E-state index in [1.54, 1.807) is 6.20 Å². The number of hydrogen-bond donors (Lipinski definition) is 0. The molecule has 1 saturated heterocycles. The van der Waals surface area contributed by atoms with Crippen LogP contribution in [0.5, 0.6) is 0 Å². The Morgan fingerprint density at radius 3 is 2.56 bits per heavy atom. The topological polar surface area (TPSA) is 65.5 Å². The van der Waals surface area contributed by atoms with Crippen LogP contribution in [0.2, 0.25) is 0 Å². The van der Waals surface area contributed by atoms with Crippen LogP contribution in [0.1, 0.15) is 5.69 Å². The third kappa shape index (κ3) is 4.30. The summed E-state index contributed by atoms with van der Waals surface area (Å²) in [6.07, 6.45) is 1.75. The molecule has 0 saturated carbocycles. The quantitative estimate of drug-likeness (QED) is 0.829. The predicted octanol–water partition coefficient (Wildman–Crippen LogP) is 1.06. The van der Waals surface area contributed by atoms with E-state index in [4.69, 9.17) is 0 Å². The molecule has 25 heavy (non-hydrogen) atoms. The van der Waals surface area contributed by atoms with Crippen LogP contribution in [-0.4, -0.2) is 77.5 Å². The van der Waals surface area contributed by atoms with Crippen LogP contribution in [0.15, 0.2) is 30.5 Å². The number of carbonyl (C=O) groups is 1. The second-order valence-electron chi connectivity index (χ2n) is 6.51. The molecule has 1 aliphatic rings. The van der Waals surface area contributed by atoms with E-state index in [9.17, 15) is 4.79 Å². The van der Waals surface area contributed by atoms with Gasteiger partial charge in [0.2, 0.25) is 5.91 Å². The highest BCUT2D eigenvalue weighted by Crippen LogP contribution is 2.19. The molecular weight excluding hydrogens is 316 g/mol. The molecule has 2 aromatic rings. The third-order valence-corrected chi connectivity index (χ3v) is 4.14. The van der Waals surface area contributed by atoms with Gasteiger partial charge < -0.3 is 14.7 Å². The minimum absolute atomic E-state index is 0.178. The van der Waals surface area contributed by atoms with E-state index < -0.39 is 0 Å². The fraction of sp³-hybridized carbons (Fsp3) is 0.444. The Balaban J connectivity index is 1.71. The molecule has 0 radical (unpaired) electrons. The average molecular weight is 340 g/mol. The number of rotatable bonds is 4. The van der Waals surface area contributed by atoms with Gasteiger partial charge in [0, 0.05) is 44.1 Å². The van der Waals surface area contributed by atoms with Crippen LogP contribution in [0.3, 0.4) is 0 Å². The van der Waals surface area contributed by atoms with Crippen molar-refractivity contribution in [3.8, 4) is 11.5 Å². The molecule has 0 aliphatic carbocycles. The van der Waals surface area contributed by atoms with Gasteiger partial charge in [-0.25, -0.2) is 9.97 Å². The summed E-state index contributed by atoms with van der Waals surface area (Å²) in [5.74, 6) is 1.72. The molecule has 0 spiro atoms. The Labute approximate surface area is 148 Å². The first-order valence-corrected chi connectivity index (χ1v) is 8.47. The number of carbonyl (C=O) groups excluding carboxylic acids is 1. The van der Waals surface area contributed by atoms with Gasteiger partial charge in [-0.15, -0.1) is 0 Å². The first kappa shape index (κ1) is 17.3. The number of pyridine rings is 1. The summed E-state index contributed by atoms with van der Waals surface area (Å²) in [5, 5.41) is 0. The Bertz CT molecular complexity index is 726. The van der Waals surface area contributed by atoms with Gasteiger partial charge in [0.1, 0.15) is 11.5 Å². The predicted molar refractivity (Wildman–Crippen MR) is 97.3 cm³/mol. The highest BCUT2D eigenvalue weighted by Gasteiger charge is 2.22. The van der Waals surface area contributed by atoms with Gasteiger partial charge in [0.15, 0.2) is 5.82 Å². The molecular formula is C18H24N6O. The van der Waals surface area contributed by atoms with Crippen molar-refractivity contribution in [2.75, 3.05) is 51.7 Å². The van der Waals surface area contributed by atoms with Crippen molar-refractivity contribution in [1.29, 1.82) is 0 Å². The van der Waals surface area contributed by atoms with E-state index in [0.29, 0.717) is 25.5 Å². The summed E-state index contributed by atoms with van der Waals surface area (Å²) in [6, 6.07) is 7.72. The molecule has 0 aromatic carbocycles. The summed E-state index contributed by atoms with van der Waals surface area (Å²) >= 11 is 0. The van der Waals surface area contributed by atoms with Gasteiger partial charge in [0.05, 0.1) is 6.54 Å². The van der Waals surface area contributed by atoms with Crippen LogP contribution in [0.4, 0.5) is 5.82 Å². The number of aryl methyl sites for hydroxylation is 1. The summed E-state index contributed by atoms with van der Waals surface area (Å²) in [5.41, 5.74) is 1.68. The maximum absolute atomic E-state index is 12.2. The lowest BCUT2D eigenvalue weighted by atomic mass is 10.2. The van der Waals surface area contributed by atoms with Gasteiger partial charge >= 0.3 is 0 Å². The molecule has 1 amide bonds. The second kappa shape index (κ2) is 7.57. The molecule has 132 valence electrons. The molecule has 1 aliphatic heterocycles. The molecule has 0 unspecified atom stereocenters. The van der Waals surface area contributed by atoms with Gasteiger partial charge in [0.25, 0.3) is 0 Å². The van der Waals surface area contributed by atoms with Crippen molar-refractivity contribution in [2.45, 2.75) is 6.92 Å². The van der Waals surface area contributed by atoms with Gasteiger partial charge in [-0.05, 0) is 33.2 Å². The van der Waals surface area contributed by atoms with Crippen molar-refractivity contribution >= 4 is 11.7 Å². The fourth-order valence-corrected chi connectivity index (χ4v) is 2.88. The van der Waals surface area contributed by atoms with Crippen molar-refractivity contribution < 1.29 is 4.79 Å². The Kier molecular flexibility index (Phi) is 5.23. The first-order chi connectivity index (χ1) is 12.0. The molecule has 2 aromatic heterocycles. The molecule has 7 nitrogen and oxygen atoms in total. The van der Waals surface area contributed by atoms with Gasteiger partial charge in [-0.2, -0.15) is 0 Å². The smallest absolute Gasteiger partial charge is 0.236 e. The van der Waals surface area contributed by atoms with E-state index in [2.05, 4.69) is 19.9 Å². The number of amides is 1. The number of piperazine rings is 1. The minimum Gasteiger partial charge on any atom is -0.353 e. The largest absolute Gasteiger partial charge is 0.353 e. The monoisotopic (exact) mass is 340 g/mol. The zero-order valence-corrected chi connectivity index (χ0v) is 15.0. The zero-order chi connectivity index (χ0) is 17.8. The summed E-state index contributed by atoms with van der Waals surface area (Å²) in [7, 11) is 3.83. The molecule has 3 rings (SSSR count). The fourth-order valence-electron chi connectivity index (χ4n) is 2.88. The molecule has 0 N–H and O–H groups in total. The van der Waals surface area contributed by atoms with Crippen molar-refractivity contribution in [1.82, 2.24) is 24.8 Å². The third-order valence-electron chi connectivity index (χ3n) is 4.14. The summed E-state index contributed by atoms with van der Waals surface area (Å²) in [4.78, 5) is 31.7. The number of hydrogen-bond acceptors (Lipinski definition) is 6. The van der Waals surface area contributed by atoms with Crippen LogP contribution in [-0.2, 0) is 4.79 Å². The normalized spacial score (nSPS) is 14.9. The highest BCUT2D eigenvalue weighted by atomic mass is 16.2. The number of aromatic nitrogens is 3. The van der Waals surface area contributed by atoms with Crippen LogP contribution < -0.4 is 4.90 Å². The minimum atomic E-state index is 0.178. The number of anilines is 1. The lowest BCUT2D eigenvalue weighted by Crippen LogP contribution is -2.51. The van der Waals surface area contributed by atoms with E-state index in [-0.39, 0.29) is 5.91 Å². The summed E-state index contributed by atoms with van der Waals surface area (Å²) in [6.45, 7) is 5.41. The molecule has 0 bridgehead atoms. The van der Waals surface area contributed by atoms with Crippen LogP contribution in [0, 0.1) is 6.92 Å². The SMILES string of the molecule is Cc1cc(N2CCN(C(=O)CN(C)C)CC2)nc(-c2ccccn2)n1. The van der Waals surface area contributed by atoms with Crippen molar-refractivity contribution in [3.63, 3.8) is 0 Å². The maximum atomic E-state index is 12.2. The summed E-state index contributed by atoms with van der Waals surface area (Å²) < 4.78 is 0. The maximum Gasteiger partial charge on any atom is 0.236 e. The Morgan fingerprint density at radius 1 is 1.16 bits per heavy atom. The molecule has 7 heteroatoms.